The molecule has 0 saturated carbocycles. The first-order valence-electron chi connectivity index (χ1n) is 8.65. The number of nitrogens with one attached hydrogen (secondary N) is 3. The second-order valence-corrected chi connectivity index (χ2v) is 9.18. The molecular weight excluding hydrogens is 340 g/mol. The number of nitrogens with zero attached hydrogens (tertiary/aromatic N) is 1. The van der Waals surface area contributed by atoms with Crippen LogP contribution in [0, 0.1) is 5.92 Å². The smallest absolute Gasteiger partial charge is 0.234 e. The van der Waals surface area contributed by atoms with Crippen molar-refractivity contribution in [1.82, 2.24) is 21.1 Å². The Hall–Kier alpha value is -1.48. The van der Waals surface area contributed by atoms with Crippen LogP contribution in [0.4, 0.5) is 0 Å². The van der Waals surface area contributed by atoms with E-state index in [0.717, 1.165) is 6.54 Å². The number of amides is 1. The Morgan fingerprint density at radius 2 is 2.08 bits per heavy atom. The van der Waals surface area contributed by atoms with Crippen LogP contribution in [-0.2, 0) is 14.6 Å². The highest BCUT2D eigenvalue weighted by atomic mass is 32.2. The number of hydrazine groups is 1. The quantitative estimate of drug-likeness (QED) is 0.640. The molecule has 1 amide bonds. The molecule has 2 heterocycles. The fourth-order valence-electron chi connectivity index (χ4n) is 3.52. The SMILES string of the molecule is CN(CC(=O)NCC1CNNC1c1ccccc1)C1CCS(=O)(=O)C1. The average Bonchev–Trinajstić information content (AvgIpc) is 3.20. The average molecular weight is 366 g/mol. The maximum absolute atomic E-state index is 12.2. The van der Waals surface area contributed by atoms with E-state index in [1.54, 1.807) is 0 Å². The molecule has 0 radical (unpaired) electrons. The fraction of sp³-hybridized carbons (Fsp3) is 0.588. The predicted octanol–water partition coefficient (Wildman–Crippen LogP) is -0.313. The lowest BCUT2D eigenvalue weighted by atomic mass is 9.95. The van der Waals surface area contributed by atoms with Gasteiger partial charge in [0.2, 0.25) is 5.91 Å². The molecule has 2 aliphatic heterocycles. The Bertz CT molecular complexity index is 695. The monoisotopic (exact) mass is 366 g/mol. The molecule has 1 aromatic carbocycles. The number of carbonyl (C=O) groups is 1. The number of hydrogen-bond acceptors (Lipinski definition) is 6. The van der Waals surface area contributed by atoms with Crippen molar-refractivity contribution in [3.63, 3.8) is 0 Å². The first-order chi connectivity index (χ1) is 11.9. The lowest BCUT2D eigenvalue weighted by Gasteiger charge is -2.23. The highest BCUT2D eigenvalue weighted by Gasteiger charge is 2.32. The van der Waals surface area contributed by atoms with Crippen molar-refractivity contribution < 1.29 is 13.2 Å². The normalized spacial score (nSPS) is 28.3. The van der Waals surface area contributed by atoms with E-state index in [-0.39, 0.29) is 42.0 Å². The summed E-state index contributed by atoms with van der Waals surface area (Å²) in [5, 5.41) is 2.99. The summed E-state index contributed by atoms with van der Waals surface area (Å²) < 4.78 is 23.1. The van der Waals surface area contributed by atoms with Gasteiger partial charge in [-0.2, -0.15) is 0 Å². The summed E-state index contributed by atoms with van der Waals surface area (Å²) in [5.74, 6) is 0.583. The van der Waals surface area contributed by atoms with Gasteiger partial charge in [0.15, 0.2) is 9.84 Å². The zero-order valence-electron chi connectivity index (χ0n) is 14.4. The molecule has 138 valence electrons. The number of sulfone groups is 1. The number of likely N-dealkylation sites (N-methyl/N-ethyl adjacent to an activating group) is 1. The number of hydrogen-bond donors (Lipinski definition) is 3. The Kier molecular flexibility index (Phi) is 5.73. The second-order valence-electron chi connectivity index (χ2n) is 6.95. The molecule has 2 aliphatic rings. The number of carbonyl (C=O) groups excluding carboxylic acids is 1. The molecule has 3 rings (SSSR count). The highest BCUT2D eigenvalue weighted by molar-refractivity contribution is 7.91. The molecule has 3 atom stereocenters. The van der Waals surface area contributed by atoms with Crippen molar-refractivity contribution in [1.29, 1.82) is 0 Å². The van der Waals surface area contributed by atoms with E-state index in [4.69, 9.17) is 0 Å². The molecule has 2 saturated heterocycles. The van der Waals surface area contributed by atoms with Crippen LogP contribution in [-0.4, -0.2) is 63.5 Å². The van der Waals surface area contributed by atoms with Gasteiger partial charge in [-0.15, -0.1) is 0 Å². The van der Waals surface area contributed by atoms with Crippen LogP contribution in [0.25, 0.3) is 0 Å². The van der Waals surface area contributed by atoms with Crippen molar-refractivity contribution >= 4 is 15.7 Å². The van der Waals surface area contributed by atoms with Gasteiger partial charge in [0, 0.05) is 25.0 Å². The molecule has 7 nitrogen and oxygen atoms in total. The van der Waals surface area contributed by atoms with Gasteiger partial charge in [0.25, 0.3) is 0 Å². The number of rotatable bonds is 6. The van der Waals surface area contributed by atoms with Gasteiger partial charge >= 0.3 is 0 Å². The zero-order valence-corrected chi connectivity index (χ0v) is 15.3. The highest BCUT2D eigenvalue weighted by Crippen LogP contribution is 2.24. The Morgan fingerprint density at radius 1 is 1.32 bits per heavy atom. The minimum atomic E-state index is -2.93. The van der Waals surface area contributed by atoms with Crippen molar-refractivity contribution in [2.24, 2.45) is 5.92 Å². The Balaban J connectivity index is 1.47. The molecule has 0 spiro atoms. The van der Waals surface area contributed by atoms with Crippen molar-refractivity contribution in [3.05, 3.63) is 35.9 Å². The van der Waals surface area contributed by atoms with E-state index >= 15 is 0 Å². The lowest BCUT2D eigenvalue weighted by Crippen LogP contribution is -2.43. The van der Waals surface area contributed by atoms with Crippen LogP contribution < -0.4 is 16.2 Å². The van der Waals surface area contributed by atoms with E-state index in [1.165, 1.54) is 5.56 Å². The minimum absolute atomic E-state index is 0.0531. The summed E-state index contributed by atoms with van der Waals surface area (Å²) in [6.45, 7) is 1.59. The summed E-state index contributed by atoms with van der Waals surface area (Å²) in [6.07, 6.45) is 0.610. The third kappa shape index (κ3) is 4.78. The van der Waals surface area contributed by atoms with Gasteiger partial charge in [-0.05, 0) is 19.0 Å². The van der Waals surface area contributed by atoms with Gasteiger partial charge in [-0.1, -0.05) is 30.3 Å². The maximum atomic E-state index is 12.2. The molecule has 0 bridgehead atoms. The van der Waals surface area contributed by atoms with E-state index in [2.05, 4.69) is 28.3 Å². The Labute approximate surface area is 149 Å². The molecule has 8 heteroatoms. The molecule has 0 aliphatic carbocycles. The first kappa shape index (κ1) is 18.3. The maximum Gasteiger partial charge on any atom is 0.234 e. The van der Waals surface area contributed by atoms with Crippen molar-refractivity contribution in [2.75, 3.05) is 38.2 Å². The van der Waals surface area contributed by atoms with Gasteiger partial charge in [0.05, 0.1) is 24.1 Å². The number of benzene rings is 1. The topological polar surface area (TPSA) is 90.5 Å². The van der Waals surface area contributed by atoms with Gasteiger partial charge < -0.3 is 5.32 Å². The molecule has 3 unspecified atom stereocenters. The van der Waals surface area contributed by atoms with Crippen molar-refractivity contribution in [3.8, 4) is 0 Å². The zero-order chi connectivity index (χ0) is 17.9. The third-order valence-electron chi connectivity index (χ3n) is 5.04. The van der Waals surface area contributed by atoms with Crippen LogP contribution in [0.15, 0.2) is 30.3 Å². The van der Waals surface area contributed by atoms with Crippen LogP contribution in [0.3, 0.4) is 0 Å². The second kappa shape index (κ2) is 7.82. The summed E-state index contributed by atoms with van der Waals surface area (Å²) in [5.41, 5.74) is 7.62. The predicted molar refractivity (Wildman–Crippen MR) is 96.5 cm³/mol. The molecule has 3 N–H and O–H groups in total. The van der Waals surface area contributed by atoms with Gasteiger partial charge in [-0.25, -0.2) is 13.8 Å². The van der Waals surface area contributed by atoms with Crippen molar-refractivity contribution in [2.45, 2.75) is 18.5 Å². The molecule has 0 aromatic heterocycles. The first-order valence-corrected chi connectivity index (χ1v) is 10.5. The molecule has 25 heavy (non-hydrogen) atoms. The van der Waals surface area contributed by atoms with Crippen LogP contribution in [0.5, 0.6) is 0 Å². The van der Waals surface area contributed by atoms with Crippen LogP contribution in [0.2, 0.25) is 0 Å². The van der Waals surface area contributed by atoms with E-state index in [0.29, 0.717) is 13.0 Å². The summed E-state index contributed by atoms with van der Waals surface area (Å²) >= 11 is 0. The minimum Gasteiger partial charge on any atom is -0.355 e. The fourth-order valence-corrected chi connectivity index (χ4v) is 5.33. The van der Waals surface area contributed by atoms with Crippen LogP contribution in [0.1, 0.15) is 18.0 Å². The Morgan fingerprint density at radius 3 is 2.76 bits per heavy atom. The molecule has 2 fully saturated rings. The van der Waals surface area contributed by atoms with Gasteiger partial charge in [0.1, 0.15) is 0 Å². The van der Waals surface area contributed by atoms with E-state index in [1.807, 2.05) is 30.1 Å². The lowest BCUT2D eigenvalue weighted by molar-refractivity contribution is -0.122. The standard InChI is InChI=1S/C17H26N4O3S/c1-21(15-7-8-25(23,24)12-15)11-16(22)18-9-14-10-19-20-17(14)13-5-3-2-4-6-13/h2-6,14-15,17,19-20H,7-12H2,1H3,(H,18,22). The summed E-state index contributed by atoms with van der Waals surface area (Å²) in [6, 6.07) is 10.3. The summed E-state index contributed by atoms with van der Waals surface area (Å²) in [7, 11) is -1.11. The van der Waals surface area contributed by atoms with E-state index < -0.39 is 9.84 Å². The molecule has 1 aromatic rings. The van der Waals surface area contributed by atoms with E-state index in [9.17, 15) is 13.2 Å². The molecular formula is C17H26N4O3S. The largest absolute Gasteiger partial charge is 0.355 e. The summed E-state index contributed by atoms with van der Waals surface area (Å²) in [4.78, 5) is 14.1. The third-order valence-corrected chi connectivity index (χ3v) is 6.79. The van der Waals surface area contributed by atoms with Gasteiger partial charge in [-0.3, -0.25) is 15.1 Å². The van der Waals surface area contributed by atoms with Crippen LogP contribution >= 0.6 is 0 Å².